The van der Waals surface area contributed by atoms with E-state index in [1.807, 2.05) is 0 Å². The lowest BCUT2D eigenvalue weighted by atomic mass is 10.2. The molecule has 0 saturated carbocycles. The van der Waals surface area contributed by atoms with Crippen molar-refractivity contribution in [3.63, 3.8) is 0 Å². The lowest BCUT2D eigenvalue weighted by molar-refractivity contribution is -0.124. The van der Waals surface area contributed by atoms with Gasteiger partial charge in [0.1, 0.15) is 5.75 Å². The molecular weight excluding hydrogens is 360 g/mol. The molecule has 2 aromatic rings. The van der Waals surface area contributed by atoms with Gasteiger partial charge in [-0.1, -0.05) is 12.1 Å². The van der Waals surface area contributed by atoms with Gasteiger partial charge in [0.05, 0.1) is 31.3 Å². The third-order valence-electron chi connectivity index (χ3n) is 4.00. The average molecular weight is 378 g/mol. The SMILES string of the molecule is COc1ccc(S(=O)(=O)N2C[C@H](C(N)=O)Oc3ccccc32)cc1OC. The predicted molar refractivity (Wildman–Crippen MR) is 94.1 cm³/mol. The topological polar surface area (TPSA) is 108 Å². The van der Waals surface area contributed by atoms with Gasteiger partial charge in [-0.3, -0.25) is 9.10 Å². The number of carbonyl (C=O) groups excluding carboxylic acids is 1. The van der Waals surface area contributed by atoms with Crippen molar-refractivity contribution in [2.75, 3.05) is 25.1 Å². The van der Waals surface area contributed by atoms with Crippen molar-refractivity contribution in [1.82, 2.24) is 0 Å². The van der Waals surface area contributed by atoms with Crippen molar-refractivity contribution in [2.45, 2.75) is 11.0 Å². The molecule has 0 bridgehead atoms. The molecule has 8 nitrogen and oxygen atoms in total. The van der Waals surface area contributed by atoms with E-state index in [1.165, 1.54) is 32.4 Å². The molecule has 1 aliphatic rings. The molecule has 0 aromatic heterocycles. The molecule has 1 aliphatic heterocycles. The molecule has 0 radical (unpaired) electrons. The first-order valence-corrected chi connectivity index (χ1v) is 9.12. The number of carbonyl (C=O) groups is 1. The highest BCUT2D eigenvalue weighted by molar-refractivity contribution is 7.92. The number of fused-ring (bicyclic) bond motifs is 1. The van der Waals surface area contributed by atoms with E-state index in [0.29, 0.717) is 11.4 Å². The highest BCUT2D eigenvalue weighted by Crippen LogP contribution is 2.38. The van der Waals surface area contributed by atoms with Gasteiger partial charge in [0.2, 0.25) is 0 Å². The summed E-state index contributed by atoms with van der Waals surface area (Å²) in [5, 5.41) is 0. The molecule has 0 unspecified atom stereocenters. The van der Waals surface area contributed by atoms with E-state index >= 15 is 0 Å². The number of para-hydroxylation sites is 2. The summed E-state index contributed by atoms with van der Waals surface area (Å²) in [6, 6.07) is 10.8. The molecule has 0 aliphatic carbocycles. The number of methoxy groups -OCH3 is 2. The van der Waals surface area contributed by atoms with Crippen LogP contribution in [0.3, 0.4) is 0 Å². The quantitative estimate of drug-likeness (QED) is 0.836. The summed E-state index contributed by atoms with van der Waals surface area (Å²) >= 11 is 0. The molecule has 26 heavy (non-hydrogen) atoms. The molecule has 2 N–H and O–H groups in total. The lowest BCUT2D eigenvalue weighted by Crippen LogP contribution is -2.49. The molecule has 138 valence electrons. The van der Waals surface area contributed by atoms with Gasteiger partial charge < -0.3 is 19.9 Å². The number of amides is 1. The van der Waals surface area contributed by atoms with Gasteiger partial charge in [0, 0.05) is 6.07 Å². The molecular formula is C17H18N2O6S. The Bertz CT molecular complexity index is 944. The summed E-state index contributed by atoms with van der Waals surface area (Å²) < 4.78 is 43.4. The number of anilines is 1. The van der Waals surface area contributed by atoms with Gasteiger partial charge in [0.25, 0.3) is 15.9 Å². The Morgan fingerprint density at radius 1 is 1.15 bits per heavy atom. The Morgan fingerprint density at radius 2 is 1.85 bits per heavy atom. The van der Waals surface area contributed by atoms with Crippen LogP contribution in [0.15, 0.2) is 47.4 Å². The van der Waals surface area contributed by atoms with E-state index in [-0.39, 0.29) is 22.9 Å². The van der Waals surface area contributed by atoms with Crippen LogP contribution in [0.25, 0.3) is 0 Å². The first-order chi connectivity index (χ1) is 12.4. The molecule has 1 atom stereocenters. The average Bonchev–Trinajstić information content (AvgIpc) is 2.66. The summed E-state index contributed by atoms with van der Waals surface area (Å²) in [5.41, 5.74) is 5.66. The van der Waals surface area contributed by atoms with E-state index in [0.717, 1.165) is 4.31 Å². The molecule has 2 aromatic carbocycles. The van der Waals surface area contributed by atoms with Crippen LogP contribution in [0.1, 0.15) is 0 Å². The van der Waals surface area contributed by atoms with Crippen molar-refractivity contribution in [3.8, 4) is 17.2 Å². The van der Waals surface area contributed by atoms with Crippen LogP contribution in [0.4, 0.5) is 5.69 Å². The number of primary amides is 1. The van der Waals surface area contributed by atoms with Crippen LogP contribution in [-0.4, -0.2) is 41.2 Å². The van der Waals surface area contributed by atoms with Gasteiger partial charge in [0.15, 0.2) is 17.6 Å². The number of ether oxygens (including phenoxy) is 3. The van der Waals surface area contributed by atoms with Crippen LogP contribution < -0.4 is 24.2 Å². The Hall–Kier alpha value is -2.94. The zero-order chi connectivity index (χ0) is 18.9. The maximum Gasteiger partial charge on any atom is 0.264 e. The number of benzene rings is 2. The molecule has 3 rings (SSSR count). The van der Waals surface area contributed by atoms with Crippen LogP contribution in [0.5, 0.6) is 17.2 Å². The Morgan fingerprint density at radius 3 is 2.50 bits per heavy atom. The number of rotatable bonds is 5. The first-order valence-electron chi connectivity index (χ1n) is 7.68. The van der Waals surface area contributed by atoms with Crippen LogP contribution in [0, 0.1) is 0 Å². The Kier molecular flexibility index (Phi) is 4.64. The Balaban J connectivity index is 2.10. The number of nitrogens with two attached hydrogens (primary N) is 1. The standard InChI is InChI=1S/C17H18N2O6S/c1-23-14-8-7-11(9-15(14)24-2)26(21,22)19-10-16(17(18)20)25-13-6-4-3-5-12(13)19/h3-9,16H,10H2,1-2H3,(H2,18,20)/t16-/m1/s1. The number of nitrogens with zero attached hydrogens (tertiary/aromatic N) is 1. The monoisotopic (exact) mass is 378 g/mol. The second-order valence-electron chi connectivity index (χ2n) is 5.53. The van der Waals surface area contributed by atoms with Crippen molar-refractivity contribution >= 4 is 21.6 Å². The molecule has 1 amide bonds. The zero-order valence-electron chi connectivity index (χ0n) is 14.2. The summed E-state index contributed by atoms with van der Waals surface area (Å²) in [6.07, 6.45) is -1.08. The third kappa shape index (κ3) is 3.01. The van der Waals surface area contributed by atoms with Crippen molar-refractivity contribution in [1.29, 1.82) is 0 Å². The number of sulfonamides is 1. The second-order valence-corrected chi connectivity index (χ2v) is 7.39. The summed E-state index contributed by atoms with van der Waals surface area (Å²) in [4.78, 5) is 11.6. The largest absolute Gasteiger partial charge is 0.493 e. The first kappa shape index (κ1) is 17.9. The molecule has 9 heteroatoms. The molecule has 0 fully saturated rings. The van der Waals surface area contributed by atoms with Crippen molar-refractivity contribution in [2.24, 2.45) is 5.73 Å². The van der Waals surface area contributed by atoms with Crippen molar-refractivity contribution < 1.29 is 27.4 Å². The fraction of sp³-hybridized carbons (Fsp3) is 0.235. The normalized spacial score (nSPS) is 16.4. The van der Waals surface area contributed by atoms with E-state index in [1.54, 1.807) is 24.3 Å². The minimum Gasteiger partial charge on any atom is -0.493 e. The number of hydrogen-bond donors (Lipinski definition) is 1. The number of hydrogen-bond acceptors (Lipinski definition) is 6. The molecule has 1 heterocycles. The summed E-state index contributed by atoms with van der Waals surface area (Å²) in [5.74, 6) is 0.212. The van der Waals surface area contributed by atoms with Gasteiger partial charge >= 0.3 is 0 Å². The van der Waals surface area contributed by atoms with Crippen LogP contribution in [0.2, 0.25) is 0 Å². The van der Waals surface area contributed by atoms with Crippen molar-refractivity contribution in [3.05, 3.63) is 42.5 Å². The fourth-order valence-corrected chi connectivity index (χ4v) is 4.17. The predicted octanol–water partition coefficient (Wildman–Crippen LogP) is 1.15. The molecule has 0 saturated heterocycles. The maximum absolute atomic E-state index is 13.2. The van der Waals surface area contributed by atoms with E-state index < -0.39 is 22.0 Å². The smallest absolute Gasteiger partial charge is 0.264 e. The van der Waals surface area contributed by atoms with Gasteiger partial charge in [-0.05, 0) is 24.3 Å². The van der Waals surface area contributed by atoms with Gasteiger partial charge in [-0.25, -0.2) is 8.42 Å². The fourth-order valence-electron chi connectivity index (χ4n) is 2.68. The van der Waals surface area contributed by atoms with E-state index in [9.17, 15) is 13.2 Å². The van der Waals surface area contributed by atoms with Crippen LogP contribution in [-0.2, 0) is 14.8 Å². The minimum atomic E-state index is -3.99. The molecule has 0 spiro atoms. The van der Waals surface area contributed by atoms with E-state index in [2.05, 4.69) is 0 Å². The maximum atomic E-state index is 13.2. The van der Waals surface area contributed by atoms with E-state index in [4.69, 9.17) is 19.9 Å². The Labute approximate surface area is 151 Å². The summed E-state index contributed by atoms with van der Waals surface area (Å²) in [7, 11) is -1.11. The third-order valence-corrected chi connectivity index (χ3v) is 5.77. The zero-order valence-corrected chi connectivity index (χ0v) is 15.0. The lowest BCUT2D eigenvalue weighted by Gasteiger charge is -2.34. The summed E-state index contributed by atoms with van der Waals surface area (Å²) in [6.45, 7) is -0.219. The second kappa shape index (κ2) is 6.75. The van der Waals surface area contributed by atoms with Gasteiger partial charge in [-0.2, -0.15) is 0 Å². The highest BCUT2D eigenvalue weighted by atomic mass is 32.2. The van der Waals surface area contributed by atoms with Crippen LogP contribution >= 0.6 is 0 Å². The van der Waals surface area contributed by atoms with Gasteiger partial charge in [-0.15, -0.1) is 0 Å². The highest BCUT2D eigenvalue weighted by Gasteiger charge is 2.36. The minimum absolute atomic E-state index is 0.00456.